The molecule has 4 aliphatic carbocycles. The summed E-state index contributed by atoms with van der Waals surface area (Å²) in [7, 11) is -4.51. The minimum absolute atomic E-state index is 0.0350. The summed E-state index contributed by atoms with van der Waals surface area (Å²) in [5, 5.41) is 12.5. The molecule has 19 nitrogen and oxygen atoms in total. The smallest absolute Gasteiger partial charge is 0.408 e. The van der Waals surface area contributed by atoms with Crippen LogP contribution in [-0.4, -0.2) is 139 Å². The third-order valence-electron chi connectivity index (χ3n) is 14.6. The predicted octanol–water partition coefficient (Wildman–Crippen LogP) is 6.05. The zero-order valence-corrected chi connectivity index (χ0v) is 43.9. The molecule has 1 unspecified atom stereocenters. The van der Waals surface area contributed by atoms with E-state index in [0.29, 0.717) is 96.4 Å². The second-order valence-electron chi connectivity index (χ2n) is 21.8. The fourth-order valence-electron chi connectivity index (χ4n) is 10.2. The van der Waals surface area contributed by atoms with Crippen molar-refractivity contribution in [2.24, 2.45) is 23.2 Å². The lowest BCUT2D eigenvalue weighted by Crippen LogP contribution is -2.60. The molecule has 22 heteroatoms. The number of thiazole rings is 1. The third-order valence-corrected chi connectivity index (χ3v) is 16.8. The van der Waals surface area contributed by atoms with E-state index in [4.69, 9.17) is 44.7 Å². The molecule has 3 aromatic rings. The van der Waals surface area contributed by atoms with Gasteiger partial charge in [-0.05, 0) is 94.6 Å². The predicted molar refractivity (Wildman–Crippen MR) is 266 cm³/mol. The molecule has 1 aromatic carbocycles. The highest BCUT2D eigenvalue weighted by atomic mass is 35.5. The number of likely N-dealkylation sites (tertiary alicyclic amines) is 1. The van der Waals surface area contributed by atoms with Gasteiger partial charge in [-0.15, -0.1) is 11.3 Å². The summed E-state index contributed by atoms with van der Waals surface area (Å²) in [5.41, 5.74) is -1.90. The number of morpholine rings is 1. The minimum atomic E-state index is -4.51. The molecule has 0 bridgehead atoms. The highest BCUT2D eigenvalue weighted by molar-refractivity contribution is 7.85. The van der Waals surface area contributed by atoms with Crippen molar-refractivity contribution in [1.82, 2.24) is 35.1 Å². The quantitative estimate of drug-likeness (QED) is 0.107. The average Bonchev–Trinajstić information content (AvgIpc) is 4.21. The molecule has 6 fully saturated rings. The first-order chi connectivity index (χ1) is 33.6. The molecule has 388 valence electrons. The Hall–Kier alpha value is -4.54. The number of halogens is 1. The normalized spacial score (nSPS) is 27.1. The van der Waals surface area contributed by atoms with E-state index in [-0.39, 0.29) is 36.6 Å². The molecule has 6 aliphatic rings. The number of amides is 4. The van der Waals surface area contributed by atoms with E-state index >= 15 is 4.79 Å². The van der Waals surface area contributed by atoms with Crippen LogP contribution in [0.2, 0.25) is 5.02 Å². The monoisotopic (exact) mass is 1040 g/mol. The van der Waals surface area contributed by atoms with Crippen LogP contribution in [0.4, 0.5) is 9.93 Å². The number of carbonyl (C=O) groups excluding carboxylic acids is 4. The molecule has 4 heterocycles. The Morgan fingerprint density at radius 3 is 2.39 bits per heavy atom. The first-order valence-electron chi connectivity index (χ1n) is 24.9. The molecule has 2 aromatic heterocycles. The number of pyridine rings is 1. The Morgan fingerprint density at radius 1 is 1.00 bits per heavy atom. The maximum Gasteiger partial charge on any atom is 0.408 e. The number of carbonyl (C=O) groups is 4. The average molecular weight is 1040 g/mol. The molecular weight excluding hydrogens is 976 g/mol. The van der Waals surface area contributed by atoms with Gasteiger partial charge >= 0.3 is 16.4 Å². The van der Waals surface area contributed by atoms with Gasteiger partial charge in [0.1, 0.15) is 58.7 Å². The number of nitrogens with zero attached hydrogens (tertiary/aromatic N) is 4. The molecule has 71 heavy (non-hydrogen) atoms. The summed E-state index contributed by atoms with van der Waals surface area (Å²) in [4.78, 5) is 70.8. The maximum atomic E-state index is 15.1. The molecule has 9 rings (SSSR count). The lowest BCUT2D eigenvalue weighted by molar-refractivity contribution is -0.143. The first kappa shape index (κ1) is 51.4. The number of benzene rings is 1. The molecular formula is C49H67ClN8O11S2. The lowest BCUT2D eigenvalue weighted by Gasteiger charge is -2.35. The van der Waals surface area contributed by atoms with Gasteiger partial charge in [0, 0.05) is 48.9 Å². The Labute approximate surface area is 424 Å². The second-order valence-corrected chi connectivity index (χ2v) is 24.3. The maximum absolute atomic E-state index is 15.1. The topological polar surface area (TPSA) is 229 Å². The number of ether oxygens (including phenoxy) is 4. The fraction of sp³-hybridized carbons (Fsp3) is 0.673. The highest BCUT2D eigenvalue weighted by Gasteiger charge is 2.62. The van der Waals surface area contributed by atoms with Crippen LogP contribution in [0.25, 0.3) is 22.3 Å². The number of hydrogen-bond acceptors (Lipinski definition) is 16. The Balaban J connectivity index is 1.02. The zero-order chi connectivity index (χ0) is 50.6. The summed E-state index contributed by atoms with van der Waals surface area (Å²) >= 11 is 8.58. The summed E-state index contributed by atoms with van der Waals surface area (Å²) in [6, 6.07) is 3.11. The van der Waals surface area contributed by atoms with E-state index in [2.05, 4.69) is 25.6 Å². The first-order valence-corrected chi connectivity index (χ1v) is 27.6. The fourth-order valence-corrected chi connectivity index (χ4v) is 12.4. The summed E-state index contributed by atoms with van der Waals surface area (Å²) in [6.07, 6.45) is 2.60. The van der Waals surface area contributed by atoms with Crippen LogP contribution in [0.3, 0.4) is 0 Å². The summed E-state index contributed by atoms with van der Waals surface area (Å²) < 4.78 is 57.8. The summed E-state index contributed by atoms with van der Waals surface area (Å²) in [6.45, 7) is 16.9. The van der Waals surface area contributed by atoms with Gasteiger partial charge < -0.3 is 39.8 Å². The standard InChI is InChI=1S/C49H67ClN8O11S2/c1-8-30-24-49(30,44(61)56-71(63,64)69-48(7)11-12-48)55-42(59)36-22-32(25-58(36)43(60)41(47(4,5)6)54-46(62)68-31-20-28-19-29(28)21-31)67-38-23-34(35-26-70-45(53-35)51-27(2)3)52-40-33(38)9-10-37(39(40)50)66-18-15-57-13-16-65-17-14-57/h9-10,23,26-32,36,41H,8,11-22,24-25H2,1-7H3,(H,51,53)(H,54,62)(H,55,59)(H,56,61)/t28-,29+,30-,31?,32-,36+,41-,49-/m1/s1. The van der Waals surface area contributed by atoms with Crippen molar-refractivity contribution in [1.29, 1.82) is 0 Å². The zero-order valence-electron chi connectivity index (χ0n) is 41.5. The molecule has 4 N–H and O–H groups in total. The van der Waals surface area contributed by atoms with Crippen molar-refractivity contribution in [2.45, 2.75) is 141 Å². The lowest BCUT2D eigenvalue weighted by atomic mass is 9.85. The van der Waals surface area contributed by atoms with Crippen molar-refractivity contribution in [3.8, 4) is 22.9 Å². The van der Waals surface area contributed by atoms with Crippen molar-refractivity contribution in [3.63, 3.8) is 0 Å². The Bertz CT molecular complexity index is 2630. The number of hydrogen-bond donors (Lipinski definition) is 4. The van der Waals surface area contributed by atoms with Crippen LogP contribution in [0.5, 0.6) is 11.5 Å². The Morgan fingerprint density at radius 2 is 1.73 bits per heavy atom. The number of nitrogens with one attached hydrogen (secondary N) is 4. The van der Waals surface area contributed by atoms with E-state index in [1.165, 1.54) is 16.2 Å². The SMILES string of the molecule is CC[C@@H]1C[C@]1(NC(=O)[C@@H]1C[C@@H](Oc2cc(-c3csc(NC(C)C)n3)nc3c(Cl)c(OCCN4CCOCC4)ccc23)CN1C(=O)[C@@H](NC(=O)OC1C[C@@H]2C[C@@H]2C1)C(C)(C)C)C(=O)NS(=O)(=O)OC1(C)CC1. The van der Waals surface area contributed by atoms with Crippen LogP contribution in [0.15, 0.2) is 23.6 Å². The van der Waals surface area contributed by atoms with Gasteiger partial charge in [-0.2, -0.15) is 8.42 Å². The van der Waals surface area contributed by atoms with Gasteiger partial charge in [0.15, 0.2) is 5.13 Å². The third kappa shape index (κ3) is 11.8. The molecule has 2 aliphatic heterocycles. The Kier molecular flexibility index (Phi) is 14.5. The van der Waals surface area contributed by atoms with Gasteiger partial charge in [0.05, 0.1) is 36.6 Å². The molecule has 2 saturated heterocycles. The van der Waals surface area contributed by atoms with Crippen molar-refractivity contribution in [2.75, 3.05) is 51.3 Å². The van der Waals surface area contributed by atoms with Crippen LogP contribution >= 0.6 is 22.9 Å². The summed E-state index contributed by atoms with van der Waals surface area (Å²) in [5.74, 6) is -0.615. The second kappa shape index (κ2) is 20.1. The molecule has 8 atom stereocenters. The number of anilines is 1. The van der Waals surface area contributed by atoms with Gasteiger partial charge in [-0.25, -0.2) is 23.7 Å². The molecule has 4 saturated carbocycles. The van der Waals surface area contributed by atoms with Gasteiger partial charge in [0.25, 0.3) is 5.91 Å². The highest BCUT2D eigenvalue weighted by Crippen LogP contribution is 2.53. The van der Waals surface area contributed by atoms with Crippen LogP contribution < -0.4 is 30.1 Å². The van der Waals surface area contributed by atoms with E-state index < -0.39 is 74.8 Å². The molecule has 4 amide bonds. The van der Waals surface area contributed by atoms with E-state index in [1.807, 2.05) is 53.0 Å². The van der Waals surface area contributed by atoms with Crippen LogP contribution in [-0.2, 0) is 38.3 Å². The largest absolute Gasteiger partial charge is 0.491 e. The molecule has 0 spiro atoms. The number of fused-ring (bicyclic) bond motifs is 2. The minimum Gasteiger partial charge on any atom is -0.491 e. The number of alkyl carbamates (subject to hydrolysis) is 1. The van der Waals surface area contributed by atoms with E-state index in [0.717, 1.165) is 32.4 Å². The van der Waals surface area contributed by atoms with E-state index in [1.54, 1.807) is 19.1 Å². The van der Waals surface area contributed by atoms with Gasteiger partial charge in [-0.3, -0.25) is 19.3 Å². The van der Waals surface area contributed by atoms with Crippen LogP contribution in [0.1, 0.15) is 99.8 Å². The van der Waals surface area contributed by atoms with Gasteiger partial charge in [-0.1, -0.05) is 45.7 Å². The van der Waals surface area contributed by atoms with Crippen molar-refractivity contribution < 1.29 is 50.7 Å². The number of rotatable bonds is 19. The van der Waals surface area contributed by atoms with Crippen molar-refractivity contribution in [3.05, 3.63) is 28.6 Å². The number of aromatic nitrogens is 2. The van der Waals surface area contributed by atoms with Crippen LogP contribution in [0, 0.1) is 23.2 Å². The van der Waals surface area contributed by atoms with E-state index in [9.17, 15) is 22.8 Å². The van der Waals surface area contributed by atoms with Crippen molar-refractivity contribution >= 4 is 73.1 Å². The molecule has 0 radical (unpaired) electrons. The van der Waals surface area contributed by atoms with Gasteiger partial charge in [0.2, 0.25) is 11.8 Å².